The summed E-state index contributed by atoms with van der Waals surface area (Å²) in [6.45, 7) is 3.64. The van der Waals surface area contributed by atoms with Crippen LogP contribution in [0, 0.1) is 11.8 Å². The van der Waals surface area contributed by atoms with Gasteiger partial charge in [-0.3, -0.25) is 0 Å². The third-order valence-electron chi connectivity index (χ3n) is 4.29. The Morgan fingerprint density at radius 1 is 1.26 bits per heavy atom. The Kier molecular flexibility index (Phi) is 5.87. The molecule has 1 aliphatic carbocycles. The van der Waals surface area contributed by atoms with E-state index in [1.54, 1.807) is 0 Å². The SMILES string of the molecule is CC1CCCC(CN[C@@H](CO)Cc2ccccc2)C1. The molecule has 2 N–H and O–H groups in total. The summed E-state index contributed by atoms with van der Waals surface area (Å²) < 4.78 is 0. The van der Waals surface area contributed by atoms with E-state index in [1.165, 1.54) is 31.2 Å². The van der Waals surface area contributed by atoms with Gasteiger partial charge < -0.3 is 10.4 Å². The molecule has 1 aromatic carbocycles. The molecule has 0 amide bonds. The predicted octanol–water partition coefficient (Wildman–Crippen LogP) is 3.01. The van der Waals surface area contributed by atoms with Crippen LogP contribution in [-0.2, 0) is 6.42 Å². The molecule has 2 nitrogen and oxygen atoms in total. The maximum absolute atomic E-state index is 9.51. The summed E-state index contributed by atoms with van der Waals surface area (Å²) in [6.07, 6.45) is 6.37. The minimum atomic E-state index is 0.194. The molecule has 2 rings (SSSR count). The lowest BCUT2D eigenvalue weighted by Crippen LogP contribution is -2.38. The van der Waals surface area contributed by atoms with Crippen molar-refractivity contribution in [3.8, 4) is 0 Å². The summed E-state index contributed by atoms with van der Waals surface area (Å²) >= 11 is 0. The molecule has 0 radical (unpaired) electrons. The van der Waals surface area contributed by atoms with E-state index in [4.69, 9.17) is 0 Å². The predicted molar refractivity (Wildman–Crippen MR) is 80.1 cm³/mol. The topological polar surface area (TPSA) is 32.3 Å². The highest BCUT2D eigenvalue weighted by atomic mass is 16.3. The molecule has 0 aliphatic heterocycles. The number of aliphatic hydroxyl groups is 1. The van der Waals surface area contributed by atoms with Crippen LogP contribution in [0.1, 0.15) is 38.2 Å². The van der Waals surface area contributed by atoms with Crippen LogP contribution in [0.15, 0.2) is 30.3 Å². The Hall–Kier alpha value is -0.860. The zero-order valence-electron chi connectivity index (χ0n) is 12.0. The molecule has 0 aromatic heterocycles. The van der Waals surface area contributed by atoms with E-state index >= 15 is 0 Å². The third kappa shape index (κ3) is 4.96. The minimum absolute atomic E-state index is 0.194. The molecule has 1 aliphatic rings. The second-order valence-corrected chi connectivity index (χ2v) is 6.12. The molecule has 1 aromatic rings. The first-order valence-electron chi connectivity index (χ1n) is 7.66. The summed E-state index contributed by atoms with van der Waals surface area (Å²) in [7, 11) is 0. The molecule has 1 fully saturated rings. The van der Waals surface area contributed by atoms with Crippen molar-refractivity contribution < 1.29 is 5.11 Å². The number of hydrogen-bond acceptors (Lipinski definition) is 2. The Labute approximate surface area is 117 Å². The summed E-state index contributed by atoms with van der Waals surface area (Å²) in [5.74, 6) is 1.68. The Morgan fingerprint density at radius 3 is 2.74 bits per heavy atom. The first-order chi connectivity index (χ1) is 9.28. The van der Waals surface area contributed by atoms with E-state index in [-0.39, 0.29) is 12.6 Å². The van der Waals surface area contributed by atoms with Crippen LogP contribution in [0.3, 0.4) is 0 Å². The van der Waals surface area contributed by atoms with Crippen LogP contribution < -0.4 is 5.32 Å². The van der Waals surface area contributed by atoms with Gasteiger partial charge in [-0.15, -0.1) is 0 Å². The quantitative estimate of drug-likeness (QED) is 0.825. The molecule has 0 heterocycles. The normalized spacial score (nSPS) is 25.2. The van der Waals surface area contributed by atoms with Crippen molar-refractivity contribution in [2.75, 3.05) is 13.2 Å². The molecule has 0 bridgehead atoms. The fourth-order valence-electron chi connectivity index (χ4n) is 3.18. The van der Waals surface area contributed by atoms with Gasteiger partial charge >= 0.3 is 0 Å². The standard InChI is InChI=1S/C17H27NO/c1-14-6-5-9-16(10-14)12-18-17(13-19)11-15-7-3-2-4-8-15/h2-4,7-8,14,16-19H,5-6,9-13H2,1H3/t14?,16?,17-/m1/s1. The Balaban J connectivity index is 1.76. The van der Waals surface area contributed by atoms with E-state index in [0.717, 1.165) is 24.8 Å². The van der Waals surface area contributed by atoms with Crippen LogP contribution >= 0.6 is 0 Å². The average Bonchev–Trinajstić information content (AvgIpc) is 2.44. The molecular formula is C17H27NO. The highest BCUT2D eigenvalue weighted by Crippen LogP contribution is 2.28. The van der Waals surface area contributed by atoms with Crippen molar-refractivity contribution in [1.82, 2.24) is 5.32 Å². The van der Waals surface area contributed by atoms with Crippen molar-refractivity contribution in [2.45, 2.75) is 45.1 Å². The van der Waals surface area contributed by atoms with Crippen LogP contribution in [0.4, 0.5) is 0 Å². The van der Waals surface area contributed by atoms with Gasteiger partial charge in [-0.25, -0.2) is 0 Å². The number of hydrogen-bond donors (Lipinski definition) is 2. The molecule has 1 saturated carbocycles. The highest BCUT2D eigenvalue weighted by molar-refractivity contribution is 5.15. The van der Waals surface area contributed by atoms with Gasteiger partial charge in [0, 0.05) is 6.04 Å². The molecule has 3 atom stereocenters. The minimum Gasteiger partial charge on any atom is -0.395 e. The van der Waals surface area contributed by atoms with E-state index in [2.05, 4.69) is 36.5 Å². The largest absolute Gasteiger partial charge is 0.395 e. The lowest BCUT2D eigenvalue weighted by molar-refractivity contribution is 0.218. The molecule has 0 saturated heterocycles. The molecule has 2 heteroatoms. The average molecular weight is 261 g/mol. The second-order valence-electron chi connectivity index (χ2n) is 6.12. The van der Waals surface area contributed by atoms with Gasteiger partial charge in [-0.1, -0.05) is 50.1 Å². The number of nitrogens with one attached hydrogen (secondary N) is 1. The Morgan fingerprint density at radius 2 is 2.05 bits per heavy atom. The number of aliphatic hydroxyl groups excluding tert-OH is 1. The van der Waals surface area contributed by atoms with E-state index in [1.807, 2.05) is 6.07 Å². The van der Waals surface area contributed by atoms with Crippen molar-refractivity contribution in [1.29, 1.82) is 0 Å². The molecule has 106 valence electrons. The smallest absolute Gasteiger partial charge is 0.0587 e. The lowest BCUT2D eigenvalue weighted by Gasteiger charge is -2.28. The van der Waals surface area contributed by atoms with Crippen LogP contribution in [0.5, 0.6) is 0 Å². The monoisotopic (exact) mass is 261 g/mol. The third-order valence-corrected chi connectivity index (χ3v) is 4.29. The number of rotatable bonds is 6. The van der Waals surface area contributed by atoms with Gasteiger partial charge in [0.05, 0.1) is 6.61 Å². The lowest BCUT2D eigenvalue weighted by atomic mass is 9.82. The fraction of sp³-hybridized carbons (Fsp3) is 0.647. The van der Waals surface area contributed by atoms with Gasteiger partial charge in [0.2, 0.25) is 0 Å². The maximum Gasteiger partial charge on any atom is 0.0587 e. The fourth-order valence-corrected chi connectivity index (χ4v) is 3.18. The molecule has 2 unspecified atom stereocenters. The van der Waals surface area contributed by atoms with Crippen molar-refractivity contribution in [2.24, 2.45) is 11.8 Å². The maximum atomic E-state index is 9.51. The molecule has 19 heavy (non-hydrogen) atoms. The van der Waals surface area contributed by atoms with Gasteiger partial charge in [0.25, 0.3) is 0 Å². The summed E-state index contributed by atoms with van der Waals surface area (Å²) in [6, 6.07) is 10.6. The second kappa shape index (κ2) is 7.66. The van der Waals surface area contributed by atoms with Crippen LogP contribution in [0.2, 0.25) is 0 Å². The first kappa shape index (κ1) is 14.5. The molecule has 0 spiro atoms. The van der Waals surface area contributed by atoms with Gasteiger partial charge in [-0.05, 0) is 43.2 Å². The molecular weight excluding hydrogens is 234 g/mol. The van der Waals surface area contributed by atoms with Crippen molar-refractivity contribution in [3.63, 3.8) is 0 Å². The zero-order valence-corrected chi connectivity index (χ0v) is 12.0. The number of benzene rings is 1. The van der Waals surface area contributed by atoms with Crippen LogP contribution in [0.25, 0.3) is 0 Å². The summed E-state index contributed by atoms with van der Waals surface area (Å²) in [5, 5.41) is 13.1. The van der Waals surface area contributed by atoms with E-state index < -0.39 is 0 Å². The summed E-state index contributed by atoms with van der Waals surface area (Å²) in [4.78, 5) is 0. The van der Waals surface area contributed by atoms with Crippen LogP contribution in [-0.4, -0.2) is 24.3 Å². The van der Waals surface area contributed by atoms with Crippen molar-refractivity contribution in [3.05, 3.63) is 35.9 Å². The van der Waals surface area contributed by atoms with Gasteiger partial charge in [0.1, 0.15) is 0 Å². The van der Waals surface area contributed by atoms with E-state index in [0.29, 0.717) is 0 Å². The van der Waals surface area contributed by atoms with E-state index in [9.17, 15) is 5.11 Å². The highest BCUT2D eigenvalue weighted by Gasteiger charge is 2.19. The van der Waals surface area contributed by atoms with Gasteiger partial charge in [-0.2, -0.15) is 0 Å². The zero-order chi connectivity index (χ0) is 13.5. The Bertz CT molecular complexity index is 352. The summed E-state index contributed by atoms with van der Waals surface area (Å²) in [5.41, 5.74) is 1.30. The van der Waals surface area contributed by atoms with Gasteiger partial charge in [0.15, 0.2) is 0 Å². The first-order valence-corrected chi connectivity index (χ1v) is 7.66. The van der Waals surface area contributed by atoms with Crippen molar-refractivity contribution >= 4 is 0 Å².